The van der Waals surface area contributed by atoms with E-state index < -0.39 is 35.9 Å². The van der Waals surface area contributed by atoms with Gasteiger partial charge >= 0.3 is 6.18 Å². The number of hydrogen-bond acceptors (Lipinski definition) is 9. The maximum atomic E-state index is 12.5. The van der Waals surface area contributed by atoms with Crippen molar-refractivity contribution in [2.45, 2.75) is 25.1 Å². The number of aromatic nitrogens is 3. The molecule has 0 aromatic carbocycles. The highest BCUT2D eigenvalue weighted by Gasteiger charge is 2.35. The van der Waals surface area contributed by atoms with Crippen LogP contribution in [0.5, 0.6) is 5.88 Å². The van der Waals surface area contributed by atoms with Gasteiger partial charge in [-0.25, -0.2) is 9.98 Å². The number of rotatable bonds is 5. The lowest BCUT2D eigenvalue weighted by Gasteiger charge is -2.28. The molecule has 3 rings (SSSR count). The summed E-state index contributed by atoms with van der Waals surface area (Å²) in [4.78, 5) is 40.0. The van der Waals surface area contributed by atoms with Gasteiger partial charge in [0.05, 0.1) is 18.3 Å². The molecule has 0 bridgehead atoms. The van der Waals surface area contributed by atoms with Gasteiger partial charge in [0, 0.05) is 11.9 Å². The Hall–Kier alpha value is -3.97. The Balaban J connectivity index is 1.76. The molecule has 31 heavy (non-hydrogen) atoms. The van der Waals surface area contributed by atoms with Crippen LogP contribution in [0.3, 0.4) is 0 Å². The van der Waals surface area contributed by atoms with E-state index >= 15 is 0 Å². The second-order valence-corrected chi connectivity index (χ2v) is 6.73. The van der Waals surface area contributed by atoms with Crippen molar-refractivity contribution < 1.29 is 27.5 Å². The molecule has 3 heterocycles. The van der Waals surface area contributed by atoms with E-state index in [0.29, 0.717) is 5.69 Å². The first-order valence-electron chi connectivity index (χ1n) is 8.70. The molecule has 2 amide bonds. The fourth-order valence-electron chi connectivity index (χ4n) is 2.76. The number of carbonyl (C=O) groups is 2. The lowest BCUT2D eigenvalue weighted by Crippen LogP contribution is -2.46. The van der Waals surface area contributed by atoms with Gasteiger partial charge in [-0.3, -0.25) is 19.9 Å². The van der Waals surface area contributed by atoms with Crippen LogP contribution in [0, 0.1) is 0 Å². The Bertz CT molecular complexity index is 1060. The number of nitrogen functional groups attached to an aromatic ring is 1. The third kappa shape index (κ3) is 5.34. The zero-order chi connectivity index (χ0) is 22.8. The summed E-state index contributed by atoms with van der Waals surface area (Å²) in [5.41, 5.74) is 10.6. The Morgan fingerprint density at radius 2 is 2.10 bits per heavy atom. The summed E-state index contributed by atoms with van der Waals surface area (Å²) < 4.78 is 41.1. The normalized spacial score (nSPS) is 18.7. The number of halogens is 3. The fourth-order valence-corrected chi connectivity index (χ4v) is 2.76. The standard InChI is InChI=1S/C17H17F3N8O3/c1-16(5-10(29)26-15(22)28-16)9-4-8(2-3-23-9)25-14(30)12-13(21)27-11(6-24-12)31-7-17(18,19)20/h2-4,6H,5,7H2,1H3,(H2,21,27)(H,23,25,30)(H3,22,26,28,29). The summed E-state index contributed by atoms with van der Waals surface area (Å²) >= 11 is 0. The van der Waals surface area contributed by atoms with Gasteiger partial charge in [-0.1, -0.05) is 0 Å². The summed E-state index contributed by atoms with van der Waals surface area (Å²) in [5.74, 6) is -2.04. The number of ether oxygens (including phenoxy) is 1. The van der Waals surface area contributed by atoms with Crippen molar-refractivity contribution in [2.24, 2.45) is 10.7 Å². The van der Waals surface area contributed by atoms with Crippen LogP contribution in [0.2, 0.25) is 0 Å². The molecule has 0 aliphatic carbocycles. The van der Waals surface area contributed by atoms with Gasteiger partial charge in [-0.2, -0.15) is 18.2 Å². The van der Waals surface area contributed by atoms with E-state index in [-0.39, 0.29) is 29.7 Å². The van der Waals surface area contributed by atoms with E-state index in [1.54, 1.807) is 6.92 Å². The summed E-state index contributed by atoms with van der Waals surface area (Å²) in [6.07, 6.45) is -2.31. The SMILES string of the molecule is CC1(c2cc(NC(=O)c3ncc(OCC(F)(F)F)nc3N)ccn2)CC(=O)NC(N)=N1. The van der Waals surface area contributed by atoms with Crippen LogP contribution < -0.4 is 26.8 Å². The van der Waals surface area contributed by atoms with Crippen LogP contribution >= 0.6 is 0 Å². The first kappa shape index (κ1) is 21.7. The Kier molecular flexibility index (Phi) is 5.64. The molecule has 1 unspecified atom stereocenters. The number of alkyl halides is 3. The number of nitrogens with one attached hydrogen (secondary N) is 2. The van der Waals surface area contributed by atoms with Gasteiger partial charge in [0.2, 0.25) is 11.8 Å². The van der Waals surface area contributed by atoms with Crippen molar-refractivity contribution in [1.29, 1.82) is 0 Å². The maximum absolute atomic E-state index is 12.5. The minimum Gasteiger partial charge on any atom is -0.467 e. The fraction of sp³-hybridized carbons (Fsp3) is 0.294. The second kappa shape index (κ2) is 8.04. The number of pyridine rings is 1. The third-order valence-corrected chi connectivity index (χ3v) is 4.09. The van der Waals surface area contributed by atoms with E-state index in [0.717, 1.165) is 6.20 Å². The highest BCUT2D eigenvalue weighted by Crippen LogP contribution is 2.31. The summed E-state index contributed by atoms with van der Waals surface area (Å²) in [5, 5.41) is 4.92. The molecule has 0 saturated heterocycles. The number of hydrogen-bond donors (Lipinski definition) is 4. The van der Waals surface area contributed by atoms with E-state index in [1.807, 2.05) is 0 Å². The van der Waals surface area contributed by atoms with Crippen molar-refractivity contribution in [3.05, 3.63) is 35.9 Å². The van der Waals surface area contributed by atoms with Crippen molar-refractivity contribution in [3.63, 3.8) is 0 Å². The molecule has 0 saturated carbocycles. The van der Waals surface area contributed by atoms with Crippen LogP contribution in [0.1, 0.15) is 29.5 Å². The number of carbonyl (C=O) groups excluding carboxylic acids is 2. The summed E-state index contributed by atoms with van der Waals surface area (Å²) in [6, 6.07) is 2.98. The number of nitrogens with zero attached hydrogens (tertiary/aromatic N) is 4. The average Bonchev–Trinajstić information content (AvgIpc) is 2.65. The lowest BCUT2D eigenvalue weighted by atomic mass is 9.92. The Morgan fingerprint density at radius 1 is 1.35 bits per heavy atom. The van der Waals surface area contributed by atoms with Crippen LogP contribution in [-0.2, 0) is 10.3 Å². The molecule has 0 radical (unpaired) electrons. The topological polar surface area (TPSA) is 170 Å². The number of anilines is 2. The third-order valence-electron chi connectivity index (χ3n) is 4.09. The largest absolute Gasteiger partial charge is 0.467 e. The first-order chi connectivity index (χ1) is 14.4. The zero-order valence-electron chi connectivity index (χ0n) is 16.0. The van der Waals surface area contributed by atoms with Crippen molar-refractivity contribution >= 4 is 29.3 Å². The van der Waals surface area contributed by atoms with E-state index in [9.17, 15) is 22.8 Å². The van der Waals surface area contributed by atoms with Crippen LogP contribution in [0.25, 0.3) is 0 Å². The Morgan fingerprint density at radius 3 is 2.74 bits per heavy atom. The van der Waals surface area contributed by atoms with E-state index in [2.05, 4.69) is 35.3 Å². The quantitative estimate of drug-likeness (QED) is 0.528. The maximum Gasteiger partial charge on any atom is 0.422 e. The molecule has 2 aromatic rings. The predicted octanol–water partition coefficient (Wildman–Crippen LogP) is 0.697. The van der Waals surface area contributed by atoms with Gasteiger partial charge in [-0.15, -0.1) is 0 Å². The molecule has 0 spiro atoms. The lowest BCUT2D eigenvalue weighted by molar-refractivity contribution is -0.154. The molecule has 164 valence electrons. The number of aliphatic imine (C=N–C) groups is 1. The van der Waals surface area contributed by atoms with Gasteiger partial charge in [0.25, 0.3) is 5.91 Å². The molecule has 1 atom stereocenters. The molecule has 1 aliphatic heterocycles. The Labute approximate surface area is 173 Å². The van der Waals surface area contributed by atoms with Crippen molar-refractivity contribution in [3.8, 4) is 5.88 Å². The summed E-state index contributed by atoms with van der Waals surface area (Å²) in [6.45, 7) is 0.0892. The van der Waals surface area contributed by atoms with Crippen molar-refractivity contribution in [1.82, 2.24) is 20.3 Å². The smallest absolute Gasteiger partial charge is 0.422 e. The number of nitrogens with two attached hydrogens (primary N) is 2. The molecular formula is C17H17F3N8O3. The highest BCUT2D eigenvalue weighted by molar-refractivity contribution is 6.05. The van der Waals surface area contributed by atoms with Crippen LogP contribution in [-0.4, -0.2) is 45.5 Å². The van der Waals surface area contributed by atoms with Gasteiger partial charge in [0.1, 0.15) is 5.54 Å². The molecule has 6 N–H and O–H groups in total. The summed E-state index contributed by atoms with van der Waals surface area (Å²) in [7, 11) is 0. The van der Waals surface area contributed by atoms with Gasteiger partial charge in [0.15, 0.2) is 24.1 Å². The van der Waals surface area contributed by atoms with Crippen LogP contribution in [0.15, 0.2) is 29.5 Å². The van der Waals surface area contributed by atoms with Gasteiger partial charge < -0.3 is 21.5 Å². The van der Waals surface area contributed by atoms with Gasteiger partial charge in [-0.05, 0) is 19.1 Å². The molecule has 1 aliphatic rings. The second-order valence-electron chi connectivity index (χ2n) is 6.73. The predicted molar refractivity (Wildman–Crippen MR) is 102 cm³/mol. The number of amides is 2. The minimum absolute atomic E-state index is 0.00406. The molecule has 14 heteroatoms. The molecule has 2 aromatic heterocycles. The van der Waals surface area contributed by atoms with Crippen LogP contribution in [0.4, 0.5) is 24.7 Å². The first-order valence-corrected chi connectivity index (χ1v) is 8.70. The molecule has 0 fully saturated rings. The number of guanidine groups is 1. The minimum atomic E-state index is -4.56. The highest BCUT2D eigenvalue weighted by atomic mass is 19.4. The zero-order valence-corrected chi connectivity index (χ0v) is 16.0. The van der Waals surface area contributed by atoms with E-state index in [1.165, 1.54) is 18.3 Å². The average molecular weight is 438 g/mol. The van der Waals surface area contributed by atoms with Crippen molar-refractivity contribution in [2.75, 3.05) is 17.7 Å². The monoisotopic (exact) mass is 438 g/mol. The molecular weight excluding hydrogens is 421 g/mol. The molecule has 11 nitrogen and oxygen atoms in total. The van der Waals surface area contributed by atoms with E-state index in [4.69, 9.17) is 11.5 Å².